The molecular weight excluding hydrogens is 608 g/mol. The number of hydrogen-bond donors (Lipinski definition) is 2. The number of benzene rings is 2. The number of nitrogens with zero attached hydrogens (tertiary/aromatic N) is 2. The van der Waals surface area contributed by atoms with E-state index >= 15 is 0 Å². The first-order chi connectivity index (χ1) is 22.0. The molecule has 0 aromatic heterocycles. The minimum absolute atomic E-state index is 0.0916. The quantitative estimate of drug-likeness (QED) is 0.356. The highest BCUT2D eigenvalue weighted by atomic mass is 35.5. The Morgan fingerprint density at radius 1 is 1.17 bits per heavy atom. The van der Waals surface area contributed by atoms with Gasteiger partial charge in [0.1, 0.15) is 11.2 Å². The van der Waals surface area contributed by atoms with Crippen LogP contribution in [0.5, 0.6) is 5.75 Å². The molecule has 9 nitrogen and oxygen atoms in total. The van der Waals surface area contributed by atoms with Crippen LogP contribution in [-0.2, 0) is 36.4 Å². The highest BCUT2D eigenvalue weighted by Crippen LogP contribution is 2.48. The second kappa shape index (κ2) is 12.9. The van der Waals surface area contributed by atoms with E-state index in [2.05, 4.69) is 17.0 Å². The average molecular weight is 651 g/mol. The number of anilines is 1. The molecule has 2 aromatic carbocycles. The van der Waals surface area contributed by atoms with E-state index in [9.17, 15) is 24.6 Å². The van der Waals surface area contributed by atoms with Crippen LogP contribution in [0.2, 0.25) is 5.02 Å². The van der Waals surface area contributed by atoms with E-state index in [1.807, 2.05) is 24.3 Å². The summed E-state index contributed by atoms with van der Waals surface area (Å²) in [4.78, 5) is 43.4. The highest BCUT2D eigenvalue weighted by molar-refractivity contribution is 6.30. The molecule has 6 rings (SSSR count). The molecule has 2 heterocycles. The van der Waals surface area contributed by atoms with Gasteiger partial charge in [-0.2, -0.15) is 0 Å². The number of aryl methyl sites for hydroxylation is 1. The summed E-state index contributed by atoms with van der Waals surface area (Å²) in [7, 11) is 2.86. The SMILES string of the molecule is COC(=O)[C@]1(CC(=O)O)CC(=O)N(C)CC/C=C\[C@H](O)[C@@H]2CC[C@@H]2CN2C[C@]3(CCCc4cc(Cl)ccc43)COc3ccc1cc32. The average Bonchev–Trinajstić information content (AvgIpc) is 3.16. The molecule has 246 valence electrons. The van der Waals surface area contributed by atoms with Crippen molar-refractivity contribution in [1.82, 2.24) is 4.90 Å². The zero-order valence-corrected chi connectivity index (χ0v) is 27.3. The largest absolute Gasteiger partial charge is 0.490 e. The van der Waals surface area contributed by atoms with Gasteiger partial charge in [-0.3, -0.25) is 14.4 Å². The molecule has 10 heteroatoms. The number of carboxylic acid groups (broad SMARTS) is 1. The number of methoxy groups -OCH3 is 1. The van der Waals surface area contributed by atoms with Gasteiger partial charge in [0, 0.05) is 43.5 Å². The second-order valence-corrected chi connectivity index (χ2v) is 14.1. The fourth-order valence-electron chi connectivity index (χ4n) is 8.11. The lowest BCUT2D eigenvalue weighted by Gasteiger charge is -2.45. The Kier molecular flexibility index (Phi) is 9.09. The molecule has 1 fully saturated rings. The van der Waals surface area contributed by atoms with E-state index in [-0.39, 0.29) is 29.6 Å². The number of carbonyl (C=O) groups excluding carboxylic acids is 2. The maximum Gasteiger partial charge on any atom is 0.317 e. The van der Waals surface area contributed by atoms with Crippen LogP contribution in [0.3, 0.4) is 0 Å². The first-order valence-electron chi connectivity index (χ1n) is 16.3. The van der Waals surface area contributed by atoms with Gasteiger partial charge in [0.15, 0.2) is 0 Å². The predicted octanol–water partition coefficient (Wildman–Crippen LogP) is 4.89. The lowest BCUT2D eigenvalue weighted by molar-refractivity contribution is -0.155. The van der Waals surface area contributed by atoms with E-state index in [4.69, 9.17) is 21.1 Å². The molecule has 2 aliphatic carbocycles. The first kappa shape index (κ1) is 32.4. The Bertz CT molecular complexity index is 1540. The molecule has 4 aliphatic rings. The van der Waals surface area contributed by atoms with Crippen molar-refractivity contribution in [3.05, 3.63) is 70.3 Å². The van der Waals surface area contributed by atoms with Crippen molar-refractivity contribution >= 4 is 35.1 Å². The number of esters is 1. The monoisotopic (exact) mass is 650 g/mol. The highest BCUT2D eigenvalue weighted by Gasteiger charge is 2.48. The number of halogens is 1. The van der Waals surface area contributed by atoms with Crippen LogP contribution in [0.25, 0.3) is 0 Å². The maximum absolute atomic E-state index is 13.6. The van der Waals surface area contributed by atoms with Crippen LogP contribution in [-0.4, -0.2) is 79.5 Å². The number of hydrogen-bond acceptors (Lipinski definition) is 7. The summed E-state index contributed by atoms with van der Waals surface area (Å²) in [6.45, 7) is 2.11. The number of amides is 1. The summed E-state index contributed by atoms with van der Waals surface area (Å²) in [5.74, 6) is -1.39. The van der Waals surface area contributed by atoms with E-state index in [0.717, 1.165) is 37.8 Å². The van der Waals surface area contributed by atoms with Gasteiger partial charge in [0.25, 0.3) is 0 Å². The fourth-order valence-corrected chi connectivity index (χ4v) is 8.31. The second-order valence-electron chi connectivity index (χ2n) is 13.6. The summed E-state index contributed by atoms with van der Waals surface area (Å²) in [6, 6.07) is 11.5. The van der Waals surface area contributed by atoms with E-state index in [1.54, 1.807) is 19.2 Å². The van der Waals surface area contributed by atoms with Crippen molar-refractivity contribution in [1.29, 1.82) is 0 Å². The molecule has 2 aliphatic heterocycles. The topological polar surface area (TPSA) is 117 Å². The van der Waals surface area contributed by atoms with Crippen LogP contribution in [0, 0.1) is 11.8 Å². The standard InChI is InChI=1S/C36H43ClN2O7/c1-38-15-4-3-7-30(40)27-11-8-24(27)20-39-21-35(14-5-6-23-16-26(37)10-12-28(23)35)22-46-31-13-9-25(17-29(31)39)36(18-32(38)41,19-33(42)43)34(44)45-2/h3,7,9-10,12-13,16-17,24,27,30,40H,4-6,8,11,14-15,18-22H2,1-2H3,(H,42,43)/b7-3-/t24-,27-,30+,35-,36+/m1/s1. The Hall–Kier alpha value is -3.56. The Morgan fingerprint density at radius 3 is 2.74 bits per heavy atom. The summed E-state index contributed by atoms with van der Waals surface area (Å²) in [5, 5.41) is 21.9. The lowest BCUT2D eigenvalue weighted by Crippen LogP contribution is -2.49. The molecule has 0 radical (unpaired) electrons. The van der Waals surface area contributed by atoms with Crippen LogP contribution in [0.15, 0.2) is 48.6 Å². The predicted molar refractivity (Wildman–Crippen MR) is 174 cm³/mol. The van der Waals surface area contributed by atoms with Gasteiger partial charge >= 0.3 is 11.9 Å². The van der Waals surface area contributed by atoms with Crippen LogP contribution in [0.4, 0.5) is 5.69 Å². The van der Waals surface area contributed by atoms with Gasteiger partial charge in [0.2, 0.25) is 5.91 Å². The lowest BCUT2D eigenvalue weighted by atomic mass is 9.68. The van der Waals surface area contributed by atoms with Gasteiger partial charge in [-0.25, -0.2) is 0 Å². The van der Waals surface area contributed by atoms with Gasteiger partial charge in [-0.05, 0) is 91.3 Å². The molecule has 2 aromatic rings. The molecule has 1 spiro atoms. The summed E-state index contributed by atoms with van der Waals surface area (Å²) in [5.41, 5.74) is 1.53. The first-order valence-corrected chi connectivity index (χ1v) is 16.6. The van der Waals surface area contributed by atoms with Crippen molar-refractivity contribution in [2.75, 3.05) is 45.3 Å². The zero-order valence-electron chi connectivity index (χ0n) is 26.5. The number of ether oxygens (including phenoxy) is 2. The maximum atomic E-state index is 13.6. The summed E-state index contributed by atoms with van der Waals surface area (Å²) >= 11 is 6.42. The fraction of sp³-hybridized carbons (Fsp3) is 0.528. The molecule has 2 N–H and O–H groups in total. The van der Waals surface area contributed by atoms with Crippen LogP contribution < -0.4 is 9.64 Å². The number of fused-ring (bicyclic) bond motifs is 4. The minimum Gasteiger partial charge on any atom is -0.490 e. The summed E-state index contributed by atoms with van der Waals surface area (Å²) < 4.78 is 11.9. The third kappa shape index (κ3) is 5.99. The molecular formula is C36H43ClN2O7. The number of aliphatic carboxylic acids is 1. The smallest absolute Gasteiger partial charge is 0.317 e. The number of carbonyl (C=O) groups is 3. The Balaban J connectivity index is 1.51. The molecule has 0 saturated heterocycles. The molecule has 5 atom stereocenters. The van der Waals surface area contributed by atoms with Crippen LogP contribution in [0.1, 0.15) is 61.6 Å². The van der Waals surface area contributed by atoms with Crippen LogP contribution >= 0.6 is 11.6 Å². The van der Waals surface area contributed by atoms with Crippen molar-refractivity contribution in [3.8, 4) is 5.75 Å². The van der Waals surface area contributed by atoms with Crippen molar-refractivity contribution in [2.24, 2.45) is 11.8 Å². The van der Waals surface area contributed by atoms with Crippen molar-refractivity contribution in [3.63, 3.8) is 0 Å². The molecule has 1 saturated carbocycles. The molecule has 46 heavy (non-hydrogen) atoms. The third-order valence-electron chi connectivity index (χ3n) is 10.8. The molecule has 1 amide bonds. The minimum atomic E-state index is -1.74. The number of aliphatic hydroxyl groups excluding tert-OH is 1. The van der Waals surface area contributed by atoms with Gasteiger partial charge < -0.3 is 29.5 Å². The third-order valence-corrected chi connectivity index (χ3v) is 11.1. The Labute approximate surface area is 275 Å². The molecule has 0 unspecified atom stereocenters. The number of carboxylic acids is 1. The van der Waals surface area contributed by atoms with Crippen molar-refractivity contribution in [2.45, 2.75) is 68.3 Å². The van der Waals surface area contributed by atoms with E-state index in [0.29, 0.717) is 49.0 Å². The number of aliphatic hydroxyl groups is 1. The Morgan fingerprint density at radius 2 is 2.00 bits per heavy atom. The zero-order chi connectivity index (χ0) is 32.6. The summed E-state index contributed by atoms with van der Waals surface area (Å²) in [6.07, 6.45) is 7.45. The van der Waals surface area contributed by atoms with Gasteiger partial charge in [-0.15, -0.1) is 0 Å². The van der Waals surface area contributed by atoms with Gasteiger partial charge in [0.05, 0.1) is 31.9 Å². The molecule has 2 bridgehead atoms. The van der Waals surface area contributed by atoms with E-state index < -0.39 is 29.9 Å². The number of rotatable bonds is 3. The van der Waals surface area contributed by atoms with Gasteiger partial charge in [-0.1, -0.05) is 35.9 Å². The normalized spacial score (nSPS) is 30.3. The van der Waals surface area contributed by atoms with Crippen molar-refractivity contribution < 1.29 is 34.1 Å². The van der Waals surface area contributed by atoms with E-state index in [1.165, 1.54) is 23.1 Å².